The molecule has 1 aliphatic rings. The van der Waals surface area contributed by atoms with Crippen LogP contribution in [-0.4, -0.2) is 62.4 Å². The van der Waals surface area contributed by atoms with Crippen molar-refractivity contribution in [2.75, 3.05) is 39.5 Å². The highest BCUT2D eigenvalue weighted by Crippen LogP contribution is 1.96. The number of hydrogen-bond acceptors (Lipinski definition) is 6. The van der Waals surface area contributed by atoms with Gasteiger partial charge in [-0.3, -0.25) is 4.90 Å². The number of carbonyl (C=O) groups is 2. The summed E-state index contributed by atoms with van der Waals surface area (Å²) >= 11 is 0. The maximum Gasteiger partial charge on any atom is 0.331 e. The quantitative estimate of drug-likeness (QED) is 0.514. The molecule has 0 aliphatic carbocycles. The summed E-state index contributed by atoms with van der Waals surface area (Å²) in [5.74, 6) is -1.07. The van der Waals surface area contributed by atoms with Crippen molar-refractivity contribution in [2.24, 2.45) is 0 Å². The van der Waals surface area contributed by atoms with Gasteiger partial charge in [-0.05, 0) is 13.8 Å². The molecule has 0 unspecified atom stereocenters. The second-order valence-corrected chi connectivity index (χ2v) is 4.44. The minimum Gasteiger partial charge on any atom is -0.461 e. The number of ether oxygens (including phenoxy) is 3. The van der Waals surface area contributed by atoms with Gasteiger partial charge in [0.1, 0.15) is 6.61 Å². The first kappa shape index (κ1) is 15.7. The molecule has 108 valence electrons. The van der Waals surface area contributed by atoms with Crippen molar-refractivity contribution in [2.45, 2.75) is 20.0 Å². The number of esters is 2. The molecule has 0 saturated carbocycles. The average Bonchev–Trinajstić information content (AvgIpc) is 2.37. The van der Waals surface area contributed by atoms with Crippen molar-refractivity contribution in [3.05, 3.63) is 12.2 Å². The molecule has 0 N–H and O–H groups in total. The van der Waals surface area contributed by atoms with E-state index in [-0.39, 0.29) is 6.10 Å². The Hall–Kier alpha value is -1.40. The Morgan fingerprint density at radius 2 is 1.84 bits per heavy atom. The van der Waals surface area contributed by atoms with Crippen molar-refractivity contribution in [3.8, 4) is 0 Å². The fraction of sp³-hybridized carbons (Fsp3) is 0.692. The summed E-state index contributed by atoms with van der Waals surface area (Å²) in [7, 11) is 0. The predicted molar refractivity (Wildman–Crippen MR) is 68.6 cm³/mol. The largest absolute Gasteiger partial charge is 0.461 e. The summed E-state index contributed by atoms with van der Waals surface area (Å²) in [6, 6.07) is 0. The van der Waals surface area contributed by atoms with Crippen LogP contribution in [0.1, 0.15) is 13.8 Å². The molecule has 0 radical (unpaired) electrons. The van der Waals surface area contributed by atoms with E-state index >= 15 is 0 Å². The fourth-order valence-electron chi connectivity index (χ4n) is 1.56. The molecule has 1 aliphatic heterocycles. The zero-order valence-electron chi connectivity index (χ0n) is 11.5. The summed E-state index contributed by atoms with van der Waals surface area (Å²) in [6.45, 7) is 7.62. The molecule has 0 amide bonds. The Morgan fingerprint density at radius 1 is 1.21 bits per heavy atom. The van der Waals surface area contributed by atoms with Gasteiger partial charge < -0.3 is 14.2 Å². The predicted octanol–water partition coefficient (Wildman–Crippen LogP) is 0.370. The van der Waals surface area contributed by atoms with Crippen molar-refractivity contribution in [1.29, 1.82) is 0 Å². The fourth-order valence-corrected chi connectivity index (χ4v) is 1.56. The number of carbonyl (C=O) groups excluding carboxylic acids is 2. The number of morpholine rings is 1. The summed E-state index contributed by atoms with van der Waals surface area (Å²) in [4.78, 5) is 24.6. The van der Waals surface area contributed by atoms with Crippen LogP contribution in [0.5, 0.6) is 0 Å². The first-order valence-electron chi connectivity index (χ1n) is 6.43. The zero-order chi connectivity index (χ0) is 14.1. The van der Waals surface area contributed by atoms with E-state index in [0.29, 0.717) is 13.2 Å². The highest BCUT2D eigenvalue weighted by molar-refractivity contribution is 5.91. The van der Waals surface area contributed by atoms with Crippen LogP contribution in [0.25, 0.3) is 0 Å². The minimum absolute atomic E-state index is 0.200. The van der Waals surface area contributed by atoms with Gasteiger partial charge in [-0.1, -0.05) is 0 Å². The number of nitrogens with zero attached hydrogens (tertiary/aromatic N) is 1. The Labute approximate surface area is 113 Å². The van der Waals surface area contributed by atoms with Crippen molar-refractivity contribution in [3.63, 3.8) is 0 Å². The first-order chi connectivity index (χ1) is 9.08. The van der Waals surface area contributed by atoms with Crippen LogP contribution in [0, 0.1) is 0 Å². The van der Waals surface area contributed by atoms with Crippen LogP contribution < -0.4 is 0 Å². The molecular formula is C13H21NO5. The Morgan fingerprint density at radius 3 is 2.47 bits per heavy atom. The van der Waals surface area contributed by atoms with Crippen LogP contribution in [0.2, 0.25) is 0 Å². The molecule has 1 fully saturated rings. The lowest BCUT2D eigenvalue weighted by atomic mass is 10.4. The first-order valence-corrected chi connectivity index (χ1v) is 6.43. The van der Waals surface area contributed by atoms with E-state index in [4.69, 9.17) is 14.2 Å². The molecule has 1 heterocycles. The molecule has 0 bridgehead atoms. The molecule has 1 saturated heterocycles. The van der Waals surface area contributed by atoms with E-state index in [0.717, 1.165) is 38.5 Å². The average molecular weight is 271 g/mol. The molecule has 1 rings (SSSR count). The third-order valence-corrected chi connectivity index (χ3v) is 2.46. The van der Waals surface area contributed by atoms with E-state index in [2.05, 4.69) is 4.90 Å². The lowest BCUT2D eigenvalue weighted by molar-refractivity contribution is -0.143. The molecule has 0 spiro atoms. The summed E-state index contributed by atoms with van der Waals surface area (Å²) in [6.07, 6.45) is 1.97. The van der Waals surface area contributed by atoms with Crippen molar-refractivity contribution < 1.29 is 23.8 Å². The highest BCUT2D eigenvalue weighted by Gasteiger charge is 2.10. The molecular weight excluding hydrogens is 250 g/mol. The molecule has 19 heavy (non-hydrogen) atoms. The molecule has 6 heteroatoms. The summed E-state index contributed by atoms with van der Waals surface area (Å²) in [5, 5.41) is 0. The van der Waals surface area contributed by atoms with Gasteiger partial charge in [-0.2, -0.15) is 0 Å². The standard InChI is InChI=1S/C13H21NO5/c1-11(2)19-13(16)4-3-12(15)18-10-7-14-5-8-17-9-6-14/h3-4,11H,5-10H2,1-2H3/b4-3+. The van der Waals surface area contributed by atoms with Crippen molar-refractivity contribution in [1.82, 2.24) is 4.90 Å². The van der Waals surface area contributed by atoms with Gasteiger partial charge in [0.25, 0.3) is 0 Å². The third kappa shape index (κ3) is 7.58. The number of hydrogen-bond donors (Lipinski definition) is 0. The van der Waals surface area contributed by atoms with Crippen LogP contribution in [0.4, 0.5) is 0 Å². The zero-order valence-corrected chi connectivity index (χ0v) is 11.5. The van der Waals surface area contributed by atoms with Crippen LogP contribution in [0.15, 0.2) is 12.2 Å². The van der Waals surface area contributed by atoms with Crippen molar-refractivity contribution >= 4 is 11.9 Å². The lowest BCUT2D eigenvalue weighted by Crippen LogP contribution is -2.38. The maximum atomic E-state index is 11.3. The van der Waals surface area contributed by atoms with Gasteiger partial charge in [0.2, 0.25) is 0 Å². The summed E-state index contributed by atoms with van der Waals surface area (Å²) < 4.78 is 15.0. The molecule has 0 atom stereocenters. The van der Waals surface area contributed by atoms with Gasteiger partial charge in [0.05, 0.1) is 19.3 Å². The van der Waals surface area contributed by atoms with E-state index in [1.807, 2.05) is 0 Å². The van der Waals surface area contributed by atoms with E-state index in [1.54, 1.807) is 13.8 Å². The molecule has 0 aromatic heterocycles. The van der Waals surface area contributed by atoms with Gasteiger partial charge in [0, 0.05) is 31.8 Å². The van der Waals surface area contributed by atoms with Gasteiger partial charge in [-0.25, -0.2) is 9.59 Å². The monoisotopic (exact) mass is 271 g/mol. The van der Waals surface area contributed by atoms with Gasteiger partial charge >= 0.3 is 11.9 Å². The minimum atomic E-state index is -0.542. The highest BCUT2D eigenvalue weighted by atomic mass is 16.5. The van der Waals surface area contributed by atoms with Crippen LogP contribution in [0.3, 0.4) is 0 Å². The summed E-state index contributed by atoms with van der Waals surface area (Å²) in [5.41, 5.74) is 0. The van der Waals surface area contributed by atoms with E-state index < -0.39 is 11.9 Å². The Balaban J connectivity index is 2.13. The number of rotatable bonds is 6. The SMILES string of the molecule is CC(C)OC(=O)/C=C/C(=O)OCCN1CCOCC1. The van der Waals surface area contributed by atoms with Crippen LogP contribution in [-0.2, 0) is 23.8 Å². The van der Waals surface area contributed by atoms with E-state index in [1.165, 1.54) is 0 Å². The topological polar surface area (TPSA) is 65.1 Å². The molecule has 6 nitrogen and oxygen atoms in total. The van der Waals surface area contributed by atoms with Gasteiger partial charge in [0.15, 0.2) is 0 Å². The normalized spacial score (nSPS) is 16.8. The van der Waals surface area contributed by atoms with Gasteiger partial charge in [-0.15, -0.1) is 0 Å². The molecule has 0 aromatic carbocycles. The molecule has 0 aromatic rings. The lowest BCUT2D eigenvalue weighted by Gasteiger charge is -2.25. The van der Waals surface area contributed by atoms with Crippen LogP contribution >= 0.6 is 0 Å². The maximum absolute atomic E-state index is 11.3. The Kier molecular flexibility index (Phi) is 7.14. The Bertz CT molecular complexity index is 321. The second kappa shape index (κ2) is 8.66. The smallest absolute Gasteiger partial charge is 0.331 e. The third-order valence-electron chi connectivity index (χ3n) is 2.46. The van der Waals surface area contributed by atoms with E-state index in [9.17, 15) is 9.59 Å². The second-order valence-electron chi connectivity index (χ2n) is 4.44.